The molecule has 0 fully saturated rings. The fourth-order valence-electron chi connectivity index (χ4n) is 2.02. The lowest BCUT2D eigenvalue weighted by atomic mass is 9.94. The Bertz CT molecular complexity index is 450. The van der Waals surface area contributed by atoms with Gasteiger partial charge >= 0.3 is 0 Å². The van der Waals surface area contributed by atoms with Crippen molar-refractivity contribution in [3.8, 4) is 0 Å². The van der Waals surface area contributed by atoms with E-state index in [0.717, 1.165) is 29.4 Å². The minimum absolute atomic E-state index is 0.0112. The molecule has 0 aliphatic heterocycles. The molecule has 0 saturated carbocycles. The number of pyridine rings is 1. The van der Waals surface area contributed by atoms with Crippen molar-refractivity contribution < 1.29 is 4.79 Å². The van der Waals surface area contributed by atoms with Gasteiger partial charge in [-0.25, -0.2) is 0 Å². The van der Waals surface area contributed by atoms with Crippen LogP contribution in [-0.2, 0) is 13.0 Å². The molecule has 0 atom stereocenters. The highest BCUT2D eigenvalue weighted by Gasteiger charge is 2.20. The molecular formula is C11H12BrNO2. The van der Waals surface area contributed by atoms with Crippen LogP contribution in [0.3, 0.4) is 0 Å². The molecule has 1 aliphatic carbocycles. The van der Waals surface area contributed by atoms with Crippen LogP contribution in [0.5, 0.6) is 0 Å². The molecule has 80 valence electrons. The second-order valence-electron chi connectivity index (χ2n) is 3.65. The largest absolute Gasteiger partial charge is 0.311 e. The second kappa shape index (κ2) is 4.31. The molecule has 0 radical (unpaired) electrons. The summed E-state index contributed by atoms with van der Waals surface area (Å²) >= 11 is 3.32. The van der Waals surface area contributed by atoms with Gasteiger partial charge in [-0.3, -0.25) is 9.59 Å². The maximum Gasteiger partial charge on any atom is 0.250 e. The van der Waals surface area contributed by atoms with Crippen LogP contribution >= 0.6 is 15.9 Å². The summed E-state index contributed by atoms with van der Waals surface area (Å²) < 4.78 is 1.71. The number of nitrogens with zero attached hydrogens (tertiary/aromatic N) is 1. The second-order valence-corrected chi connectivity index (χ2v) is 4.44. The zero-order valence-corrected chi connectivity index (χ0v) is 9.92. The molecule has 0 spiro atoms. The minimum atomic E-state index is -0.0112. The molecule has 0 amide bonds. The van der Waals surface area contributed by atoms with Crippen LogP contribution in [0.2, 0.25) is 0 Å². The Morgan fingerprint density at radius 1 is 1.27 bits per heavy atom. The smallest absolute Gasteiger partial charge is 0.250 e. The van der Waals surface area contributed by atoms with E-state index >= 15 is 0 Å². The predicted molar refractivity (Wildman–Crippen MR) is 61.8 cm³/mol. The SMILES string of the molecule is O=C1CCCc2c1ccc(=O)n2CCBr. The molecule has 1 aromatic heterocycles. The molecule has 0 saturated heterocycles. The Kier molecular flexibility index (Phi) is 3.05. The molecule has 15 heavy (non-hydrogen) atoms. The molecule has 1 heterocycles. The first-order valence-corrected chi connectivity index (χ1v) is 6.18. The van der Waals surface area contributed by atoms with Crippen LogP contribution in [0.1, 0.15) is 28.9 Å². The van der Waals surface area contributed by atoms with Gasteiger partial charge in [0.2, 0.25) is 0 Å². The van der Waals surface area contributed by atoms with Gasteiger partial charge in [-0.15, -0.1) is 0 Å². The summed E-state index contributed by atoms with van der Waals surface area (Å²) in [7, 11) is 0. The average Bonchev–Trinajstić information content (AvgIpc) is 2.23. The molecule has 2 rings (SSSR count). The molecule has 3 nitrogen and oxygen atoms in total. The number of ketones is 1. The molecule has 0 aromatic carbocycles. The van der Waals surface area contributed by atoms with E-state index in [2.05, 4.69) is 15.9 Å². The third kappa shape index (κ3) is 1.91. The number of halogens is 1. The van der Waals surface area contributed by atoms with Gasteiger partial charge in [0.25, 0.3) is 5.56 Å². The van der Waals surface area contributed by atoms with Gasteiger partial charge in [-0.1, -0.05) is 15.9 Å². The van der Waals surface area contributed by atoms with Crippen molar-refractivity contribution in [1.29, 1.82) is 0 Å². The van der Waals surface area contributed by atoms with E-state index in [1.54, 1.807) is 10.6 Å². The average molecular weight is 270 g/mol. The van der Waals surface area contributed by atoms with Crippen LogP contribution < -0.4 is 5.56 Å². The quantitative estimate of drug-likeness (QED) is 0.768. The Labute approximate surface area is 96.2 Å². The van der Waals surface area contributed by atoms with E-state index in [-0.39, 0.29) is 11.3 Å². The summed E-state index contributed by atoms with van der Waals surface area (Å²) in [5.41, 5.74) is 1.64. The third-order valence-electron chi connectivity index (χ3n) is 2.72. The van der Waals surface area contributed by atoms with Gasteiger partial charge in [0.05, 0.1) is 0 Å². The fourth-order valence-corrected chi connectivity index (χ4v) is 2.38. The monoisotopic (exact) mass is 269 g/mol. The molecule has 1 aliphatic rings. The Balaban J connectivity index is 2.58. The summed E-state index contributed by atoms with van der Waals surface area (Å²) in [5, 5.41) is 0.734. The van der Waals surface area contributed by atoms with E-state index in [9.17, 15) is 9.59 Å². The number of hydrogen-bond acceptors (Lipinski definition) is 2. The van der Waals surface area contributed by atoms with E-state index in [1.807, 2.05) is 0 Å². The van der Waals surface area contributed by atoms with Crippen molar-refractivity contribution in [1.82, 2.24) is 4.57 Å². The summed E-state index contributed by atoms with van der Waals surface area (Å²) in [5.74, 6) is 0.166. The Hall–Kier alpha value is -0.900. The molecule has 0 bridgehead atoms. The van der Waals surface area contributed by atoms with E-state index < -0.39 is 0 Å². The highest BCUT2D eigenvalue weighted by Crippen LogP contribution is 2.19. The number of fused-ring (bicyclic) bond motifs is 1. The number of hydrogen-bond donors (Lipinski definition) is 0. The van der Waals surface area contributed by atoms with Gasteiger partial charge in [-0.2, -0.15) is 0 Å². The Morgan fingerprint density at radius 3 is 2.80 bits per heavy atom. The summed E-state index contributed by atoms with van der Waals surface area (Å²) in [6.07, 6.45) is 2.31. The number of aromatic nitrogens is 1. The van der Waals surface area contributed by atoms with Crippen molar-refractivity contribution in [3.05, 3.63) is 33.7 Å². The van der Waals surface area contributed by atoms with Crippen molar-refractivity contribution in [2.24, 2.45) is 0 Å². The van der Waals surface area contributed by atoms with Crippen LogP contribution in [0.15, 0.2) is 16.9 Å². The molecule has 0 unspecified atom stereocenters. The number of carbonyl (C=O) groups excluding carboxylic acids is 1. The van der Waals surface area contributed by atoms with E-state index in [4.69, 9.17) is 0 Å². The van der Waals surface area contributed by atoms with Crippen LogP contribution in [0, 0.1) is 0 Å². The lowest BCUT2D eigenvalue weighted by Crippen LogP contribution is -2.28. The number of Topliss-reactive ketones (excluding diaryl/α,β-unsaturated/α-hetero) is 1. The first-order chi connectivity index (χ1) is 7.24. The van der Waals surface area contributed by atoms with Crippen LogP contribution in [0.25, 0.3) is 0 Å². The van der Waals surface area contributed by atoms with Gasteiger partial charge < -0.3 is 4.57 Å². The zero-order chi connectivity index (χ0) is 10.8. The molecule has 0 N–H and O–H groups in total. The molecular weight excluding hydrogens is 258 g/mol. The minimum Gasteiger partial charge on any atom is -0.311 e. The van der Waals surface area contributed by atoms with E-state index in [1.165, 1.54) is 6.07 Å². The van der Waals surface area contributed by atoms with Gasteiger partial charge in [0.15, 0.2) is 5.78 Å². The molecule has 4 heteroatoms. The fraction of sp³-hybridized carbons (Fsp3) is 0.455. The van der Waals surface area contributed by atoms with Gasteiger partial charge in [-0.05, 0) is 18.9 Å². The molecule has 1 aromatic rings. The third-order valence-corrected chi connectivity index (χ3v) is 3.08. The van der Waals surface area contributed by atoms with Gasteiger partial charge in [0.1, 0.15) is 0 Å². The number of rotatable bonds is 2. The van der Waals surface area contributed by atoms with E-state index in [0.29, 0.717) is 13.0 Å². The standard InChI is InChI=1S/C11H12BrNO2/c12-6-7-13-9-2-1-3-10(14)8(9)4-5-11(13)15/h4-5H,1-3,6-7H2. The number of carbonyl (C=O) groups is 1. The van der Waals surface area contributed by atoms with Gasteiger partial charge in [0, 0.05) is 35.6 Å². The zero-order valence-electron chi connectivity index (χ0n) is 8.33. The van der Waals surface area contributed by atoms with Crippen molar-refractivity contribution in [2.45, 2.75) is 25.8 Å². The maximum absolute atomic E-state index is 11.6. The highest BCUT2D eigenvalue weighted by molar-refractivity contribution is 9.09. The van der Waals surface area contributed by atoms with Crippen molar-refractivity contribution in [2.75, 3.05) is 5.33 Å². The predicted octanol–water partition coefficient (Wildman–Crippen LogP) is 1.76. The first-order valence-electron chi connectivity index (χ1n) is 5.06. The summed E-state index contributed by atoms with van der Waals surface area (Å²) in [6.45, 7) is 0.634. The van der Waals surface area contributed by atoms with Crippen LogP contribution in [0.4, 0.5) is 0 Å². The number of alkyl halides is 1. The maximum atomic E-state index is 11.6. The lowest BCUT2D eigenvalue weighted by Gasteiger charge is -2.19. The summed E-state index contributed by atoms with van der Waals surface area (Å²) in [4.78, 5) is 23.2. The topological polar surface area (TPSA) is 39.1 Å². The van der Waals surface area contributed by atoms with Crippen molar-refractivity contribution in [3.63, 3.8) is 0 Å². The summed E-state index contributed by atoms with van der Waals surface area (Å²) in [6, 6.07) is 3.16. The highest BCUT2D eigenvalue weighted by atomic mass is 79.9. The van der Waals surface area contributed by atoms with Crippen molar-refractivity contribution >= 4 is 21.7 Å². The lowest BCUT2D eigenvalue weighted by molar-refractivity contribution is 0.0970. The Morgan fingerprint density at radius 2 is 2.07 bits per heavy atom. The van der Waals surface area contributed by atoms with Crippen LogP contribution in [-0.4, -0.2) is 15.7 Å². The first kappa shape index (κ1) is 10.6. The normalized spacial score (nSPS) is 15.1.